The molecule has 1 unspecified atom stereocenters. The molecule has 1 amide bonds. The number of hydrogen-bond acceptors (Lipinski definition) is 5. The van der Waals surface area contributed by atoms with Crippen LogP contribution in [0.25, 0.3) is 0 Å². The summed E-state index contributed by atoms with van der Waals surface area (Å²) in [6, 6.07) is 4.23. The van der Waals surface area contributed by atoms with Gasteiger partial charge in [0.1, 0.15) is 0 Å². The van der Waals surface area contributed by atoms with Crippen molar-refractivity contribution in [2.75, 3.05) is 24.5 Å². The lowest BCUT2D eigenvalue weighted by Crippen LogP contribution is -2.40. The van der Waals surface area contributed by atoms with Crippen LogP contribution in [0.3, 0.4) is 0 Å². The van der Waals surface area contributed by atoms with Crippen molar-refractivity contribution in [2.24, 2.45) is 5.92 Å². The van der Waals surface area contributed by atoms with Crippen molar-refractivity contribution in [3.8, 4) is 0 Å². The zero-order valence-corrected chi connectivity index (χ0v) is 15.0. The second kappa shape index (κ2) is 6.16. The number of carbonyl (C=O) groups excluding carboxylic acids is 1. The topological polar surface area (TPSA) is 49.3 Å². The van der Waals surface area contributed by atoms with Gasteiger partial charge in [0.05, 0.1) is 11.6 Å². The Kier molecular flexibility index (Phi) is 4.00. The molecule has 0 N–H and O–H groups in total. The third kappa shape index (κ3) is 2.79. The number of aryl methyl sites for hydroxylation is 2. The fourth-order valence-corrected chi connectivity index (χ4v) is 4.44. The van der Waals surface area contributed by atoms with Crippen molar-refractivity contribution >= 4 is 23.1 Å². The number of amides is 1. The first-order chi connectivity index (χ1) is 11.6. The van der Waals surface area contributed by atoms with E-state index in [4.69, 9.17) is 0 Å². The van der Waals surface area contributed by atoms with Gasteiger partial charge in [-0.3, -0.25) is 4.79 Å². The second-order valence-electron chi connectivity index (χ2n) is 6.78. The van der Waals surface area contributed by atoms with Gasteiger partial charge in [0, 0.05) is 31.1 Å². The molecule has 5 nitrogen and oxygen atoms in total. The predicted octanol–water partition coefficient (Wildman–Crippen LogP) is 2.57. The number of aromatic nitrogens is 2. The zero-order chi connectivity index (χ0) is 16.7. The molecule has 126 valence electrons. The number of thiophene rings is 1. The first-order valence-corrected chi connectivity index (χ1v) is 9.39. The van der Waals surface area contributed by atoms with Crippen LogP contribution in [0.2, 0.25) is 0 Å². The smallest absolute Gasteiger partial charge is 0.227 e. The summed E-state index contributed by atoms with van der Waals surface area (Å²) in [5.41, 5.74) is 3.44. The molecule has 0 aliphatic carbocycles. The molecule has 2 aliphatic heterocycles. The fourth-order valence-electron chi connectivity index (χ4n) is 3.55. The van der Waals surface area contributed by atoms with E-state index in [9.17, 15) is 4.79 Å². The minimum absolute atomic E-state index is 0.0774. The van der Waals surface area contributed by atoms with Crippen LogP contribution in [-0.4, -0.2) is 40.6 Å². The number of rotatable bonds is 2. The minimum Gasteiger partial charge on any atom is -0.354 e. The molecule has 2 aliphatic rings. The van der Waals surface area contributed by atoms with E-state index in [1.54, 1.807) is 0 Å². The van der Waals surface area contributed by atoms with Crippen molar-refractivity contribution < 1.29 is 4.79 Å². The van der Waals surface area contributed by atoms with Crippen molar-refractivity contribution in [3.63, 3.8) is 0 Å². The molecular formula is C18H22N4OS. The van der Waals surface area contributed by atoms with Crippen molar-refractivity contribution in [3.05, 3.63) is 39.2 Å². The summed E-state index contributed by atoms with van der Waals surface area (Å²) in [7, 11) is 0. The van der Waals surface area contributed by atoms with Crippen LogP contribution >= 0.6 is 11.3 Å². The summed E-state index contributed by atoms with van der Waals surface area (Å²) in [6.07, 6.45) is 1.90. The molecule has 0 spiro atoms. The second-order valence-corrected chi connectivity index (χ2v) is 7.78. The highest BCUT2D eigenvalue weighted by Gasteiger charge is 2.33. The molecule has 1 fully saturated rings. The Hall–Kier alpha value is -1.95. The normalized spacial score (nSPS) is 20.3. The number of nitrogens with zero attached hydrogens (tertiary/aromatic N) is 4. The SMILES string of the molecule is Cc1cc(N2CCC(C(=O)N3CCc4sccc4C3)C2)nnc1C. The number of anilines is 1. The third-order valence-electron chi connectivity index (χ3n) is 5.20. The molecule has 0 saturated carbocycles. The van der Waals surface area contributed by atoms with E-state index in [2.05, 4.69) is 39.5 Å². The molecule has 1 atom stereocenters. The monoisotopic (exact) mass is 342 g/mol. The summed E-state index contributed by atoms with van der Waals surface area (Å²) in [5, 5.41) is 10.7. The molecule has 24 heavy (non-hydrogen) atoms. The van der Waals surface area contributed by atoms with Crippen LogP contribution in [-0.2, 0) is 17.8 Å². The van der Waals surface area contributed by atoms with Crippen molar-refractivity contribution in [1.82, 2.24) is 15.1 Å². The van der Waals surface area contributed by atoms with E-state index in [-0.39, 0.29) is 5.92 Å². The molecule has 0 radical (unpaired) electrons. The average molecular weight is 342 g/mol. The lowest BCUT2D eigenvalue weighted by Gasteiger charge is -2.29. The van der Waals surface area contributed by atoms with Crippen molar-refractivity contribution in [2.45, 2.75) is 33.2 Å². The largest absolute Gasteiger partial charge is 0.354 e. The Balaban J connectivity index is 1.43. The standard InChI is InChI=1S/C18H22N4OS/c1-12-9-17(20-19-13(12)2)21-6-3-15(11-21)18(23)22-7-4-16-14(10-22)5-8-24-16/h5,8-9,15H,3-4,6-7,10-11H2,1-2H3. The molecule has 2 aromatic rings. The van der Waals surface area contributed by atoms with Gasteiger partial charge in [0.25, 0.3) is 0 Å². The highest BCUT2D eigenvalue weighted by atomic mass is 32.1. The van der Waals surface area contributed by atoms with E-state index >= 15 is 0 Å². The van der Waals surface area contributed by atoms with Gasteiger partial charge in [-0.1, -0.05) is 0 Å². The summed E-state index contributed by atoms with van der Waals surface area (Å²) in [6.45, 7) is 7.29. The Morgan fingerprint density at radius 3 is 3.00 bits per heavy atom. The van der Waals surface area contributed by atoms with E-state index in [0.29, 0.717) is 5.91 Å². The molecule has 0 aromatic carbocycles. The molecular weight excluding hydrogens is 320 g/mol. The fraction of sp³-hybridized carbons (Fsp3) is 0.500. The van der Waals surface area contributed by atoms with E-state index < -0.39 is 0 Å². The van der Waals surface area contributed by atoms with Crippen LogP contribution in [0.15, 0.2) is 17.5 Å². The molecule has 4 rings (SSSR count). The molecule has 1 saturated heterocycles. The number of fused-ring (bicyclic) bond motifs is 1. The molecule has 6 heteroatoms. The highest BCUT2D eigenvalue weighted by molar-refractivity contribution is 7.10. The van der Waals surface area contributed by atoms with Gasteiger partial charge in [-0.05, 0) is 55.3 Å². The molecule has 2 aromatic heterocycles. The lowest BCUT2D eigenvalue weighted by molar-refractivity contribution is -0.135. The first kappa shape index (κ1) is 15.6. The number of carbonyl (C=O) groups is 1. The summed E-state index contributed by atoms with van der Waals surface area (Å²) in [5.74, 6) is 1.27. The van der Waals surface area contributed by atoms with E-state index in [0.717, 1.165) is 56.1 Å². The van der Waals surface area contributed by atoms with Crippen LogP contribution in [0.5, 0.6) is 0 Å². The van der Waals surface area contributed by atoms with Crippen LogP contribution in [0.4, 0.5) is 5.82 Å². The van der Waals surface area contributed by atoms with Gasteiger partial charge in [0.15, 0.2) is 5.82 Å². The van der Waals surface area contributed by atoms with Gasteiger partial charge in [-0.2, -0.15) is 5.10 Å². The van der Waals surface area contributed by atoms with Crippen LogP contribution < -0.4 is 4.90 Å². The predicted molar refractivity (Wildman–Crippen MR) is 95.3 cm³/mol. The van der Waals surface area contributed by atoms with Crippen LogP contribution in [0, 0.1) is 19.8 Å². The van der Waals surface area contributed by atoms with Crippen molar-refractivity contribution in [1.29, 1.82) is 0 Å². The molecule has 0 bridgehead atoms. The van der Waals surface area contributed by atoms with Crippen LogP contribution in [0.1, 0.15) is 28.1 Å². The highest BCUT2D eigenvalue weighted by Crippen LogP contribution is 2.28. The lowest BCUT2D eigenvalue weighted by atomic mass is 10.0. The Bertz CT molecular complexity index is 772. The maximum atomic E-state index is 12.9. The van der Waals surface area contributed by atoms with Gasteiger partial charge < -0.3 is 9.80 Å². The van der Waals surface area contributed by atoms with E-state index in [1.807, 2.05) is 23.2 Å². The minimum atomic E-state index is 0.0774. The Morgan fingerprint density at radius 2 is 2.17 bits per heavy atom. The third-order valence-corrected chi connectivity index (χ3v) is 6.22. The zero-order valence-electron chi connectivity index (χ0n) is 14.2. The van der Waals surface area contributed by atoms with Gasteiger partial charge >= 0.3 is 0 Å². The quantitative estimate of drug-likeness (QED) is 0.842. The maximum Gasteiger partial charge on any atom is 0.227 e. The summed E-state index contributed by atoms with van der Waals surface area (Å²) >= 11 is 1.81. The van der Waals surface area contributed by atoms with Gasteiger partial charge in [-0.15, -0.1) is 16.4 Å². The van der Waals surface area contributed by atoms with Gasteiger partial charge in [-0.25, -0.2) is 0 Å². The average Bonchev–Trinajstić information content (AvgIpc) is 3.25. The first-order valence-electron chi connectivity index (χ1n) is 8.51. The Labute approximate surface area is 146 Å². The molecule has 4 heterocycles. The maximum absolute atomic E-state index is 12.9. The summed E-state index contributed by atoms with van der Waals surface area (Å²) < 4.78 is 0. The Morgan fingerprint density at radius 1 is 1.29 bits per heavy atom. The summed E-state index contributed by atoms with van der Waals surface area (Å²) in [4.78, 5) is 18.6. The van der Waals surface area contributed by atoms with E-state index in [1.165, 1.54) is 10.4 Å². The van der Waals surface area contributed by atoms with Gasteiger partial charge in [0.2, 0.25) is 5.91 Å². The number of hydrogen-bond donors (Lipinski definition) is 0.